The van der Waals surface area contributed by atoms with Gasteiger partial charge in [0, 0.05) is 33.0 Å². The fourth-order valence-corrected chi connectivity index (χ4v) is 2.43. The highest BCUT2D eigenvalue weighted by atomic mass is 16.5. The first-order chi connectivity index (χ1) is 10.6. The molecular formula is C16H19N3O3. The van der Waals surface area contributed by atoms with Gasteiger partial charge in [-0.2, -0.15) is 5.26 Å². The molecule has 0 saturated carbocycles. The van der Waals surface area contributed by atoms with E-state index >= 15 is 0 Å². The molecule has 0 spiro atoms. The molecular weight excluding hydrogens is 282 g/mol. The quantitative estimate of drug-likeness (QED) is 0.836. The number of anilines is 1. The van der Waals surface area contributed by atoms with Gasteiger partial charge in [-0.3, -0.25) is 9.59 Å². The number of nitriles is 1. The van der Waals surface area contributed by atoms with Gasteiger partial charge >= 0.3 is 0 Å². The smallest absolute Gasteiger partial charge is 0.224 e. The van der Waals surface area contributed by atoms with Crippen molar-refractivity contribution in [2.45, 2.75) is 13.3 Å². The number of amides is 2. The SMILES string of the molecule is CC(=O)N(CCC(=O)N1CCOCC1)c1ccccc1C#N. The first kappa shape index (κ1) is 16.0. The molecule has 0 unspecified atom stereocenters. The largest absolute Gasteiger partial charge is 0.378 e. The maximum absolute atomic E-state index is 12.2. The summed E-state index contributed by atoms with van der Waals surface area (Å²) in [5, 5.41) is 9.15. The van der Waals surface area contributed by atoms with Crippen LogP contribution in [0.4, 0.5) is 5.69 Å². The van der Waals surface area contributed by atoms with Gasteiger partial charge in [-0.25, -0.2) is 0 Å². The van der Waals surface area contributed by atoms with Gasteiger partial charge in [-0.05, 0) is 12.1 Å². The third-order valence-corrected chi connectivity index (χ3v) is 3.61. The Hall–Kier alpha value is -2.39. The van der Waals surface area contributed by atoms with Crippen LogP contribution in [0.25, 0.3) is 0 Å². The number of para-hydroxylation sites is 1. The van der Waals surface area contributed by atoms with E-state index in [1.165, 1.54) is 11.8 Å². The number of hydrogen-bond donors (Lipinski definition) is 0. The van der Waals surface area contributed by atoms with Gasteiger partial charge in [0.1, 0.15) is 6.07 Å². The molecule has 0 N–H and O–H groups in total. The molecule has 116 valence electrons. The van der Waals surface area contributed by atoms with Crippen LogP contribution >= 0.6 is 0 Å². The van der Waals surface area contributed by atoms with Gasteiger partial charge in [-0.15, -0.1) is 0 Å². The highest BCUT2D eigenvalue weighted by Gasteiger charge is 2.20. The standard InChI is InChI=1S/C16H19N3O3/c1-13(20)19(15-5-3-2-4-14(15)12-17)7-6-16(21)18-8-10-22-11-9-18/h2-5H,6-11H2,1H3. The number of carbonyl (C=O) groups excluding carboxylic acids is 2. The van der Waals surface area contributed by atoms with Crippen LogP contribution in [0, 0.1) is 11.3 Å². The number of nitrogens with zero attached hydrogens (tertiary/aromatic N) is 3. The van der Waals surface area contributed by atoms with Crippen molar-refractivity contribution in [3.05, 3.63) is 29.8 Å². The van der Waals surface area contributed by atoms with Gasteiger partial charge in [-0.1, -0.05) is 12.1 Å². The van der Waals surface area contributed by atoms with Crippen LogP contribution in [0.1, 0.15) is 18.9 Å². The Bertz CT molecular complexity index is 589. The predicted molar refractivity (Wildman–Crippen MR) is 81.2 cm³/mol. The van der Waals surface area contributed by atoms with Crippen molar-refractivity contribution in [2.24, 2.45) is 0 Å². The zero-order chi connectivity index (χ0) is 15.9. The summed E-state index contributed by atoms with van der Waals surface area (Å²) in [7, 11) is 0. The summed E-state index contributed by atoms with van der Waals surface area (Å²) in [6, 6.07) is 8.98. The number of ether oxygens (including phenoxy) is 1. The molecule has 0 bridgehead atoms. The minimum Gasteiger partial charge on any atom is -0.378 e. The van der Waals surface area contributed by atoms with Crippen LogP contribution in [0.15, 0.2) is 24.3 Å². The molecule has 1 aromatic carbocycles. The summed E-state index contributed by atoms with van der Waals surface area (Å²) in [6.45, 7) is 4.00. The lowest BCUT2D eigenvalue weighted by Crippen LogP contribution is -2.42. The van der Waals surface area contributed by atoms with Crippen LogP contribution < -0.4 is 4.90 Å². The van der Waals surface area contributed by atoms with E-state index < -0.39 is 0 Å². The first-order valence-corrected chi connectivity index (χ1v) is 7.26. The third kappa shape index (κ3) is 3.83. The highest BCUT2D eigenvalue weighted by molar-refractivity contribution is 5.93. The maximum atomic E-state index is 12.2. The van der Waals surface area contributed by atoms with Crippen LogP contribution in [0.3, 0.4) is 0 Å². The fourth-order valence-electron chi connectivity index (χ4n) is 2.43. The summed E-state index contributed by atoms with van der Waals surface area (Å²) < 4.78 is 5.22. The predicted octanol–water partition coefficient (Wildman–Crippen LogP) is 1.16. The second-order valence-corrected chi connectivity index (χ2v) is 5.04. The molecule has 0 radical (unpaired) electrons. The van der Waals surface area contributed by atoms with Crippen molar-refractivity contribution >= 4 is 17.5 Å². The Labute approximate surface area is 129 Å². The molecule has 6 heteroatoms. The normalized spacial score (nSPS) is 14.3. The van der Waals surface area contributed by atoms with Crippen molar-refractivity contribution < 1.29 is 14.3 Å². The van der Waals surface area contributed by atoms with E-state index in [9.17, 15) is 9.59 Å². The van der Waals surface area contributed by atoms with Crippen molar-refractivity contribution in [2.75, 3.05) is 37.7 Å². The topological polar surface area (TPSA) is 73.6 Å². The zero-order valence-electron chi connectivity index (χ0n) is 12.6. The number of hydrogen-bond acceptors (Lipinski definition) is 4. The molecule has 1 aliphatic heterocycles. The van der Waals surface area contributed by atoms with E-state index in [0.717, 1.165) is 0 Å². The monoisotopic (exact) mass is 301 g/mol. The van der Waals surface area contributed by atoms with Crippen molar-refractivity contribution in [3.8, 4) is 6.07 Å². The Morgan fingerprint density at radius 3 is 2.64 bits per heavy atom. The zero-order valence-corrected chi connectivity index (χ0v) is 12.6. The molecule has 6 nitrogen and oxygen atoms in total. The van der Waals surface area contributed by atoms with E-state index in [-0.39, 0.29) is 24.8 Å². The Kier molecular flexibility index (Phi) is 5.50. The summed E-state index contributed by atoms with van der Waals surface area (Å²) in [4.78, 5) is 27.3. The molecule has 2 rings (SSSR count). The van der Waals surface area contributed by atoms with Crippen molar-refractivity contribution in [1.82, 2.24) is 4.90 Å². The van der Waals surface area contributed by atoms with Gasteiger partial charge in [0.25, 0.3) is 0 Å². The number of rotatable bonds is 4. The van der Waals surface area contributed by atoms with Gasteiger partial charge in [0.2, 0.25) is 11.8 Å². The second-order valence-electron chi connectivity index (χ2n) is 5.04. The van der Waals surface area contributed by atoms with E-state index in [0.29, 0.717) is 37.6 Å². The molecule has 0 atom stereocenters. The Morgan fingerprint density at radius 1 is 1.32 bits per heavy atom. The molecule has 1 heterocycles. The first-order valence-electron chi connectivity index (χ1n) is 7.26. The van der Waals surface area contributed by atoms with E-state index in [1.807, 2.05) is 0 Å². The van der Waals surface area contributed by atoms with Crippen LogP contribution in [-0.4, -0.2) is 49.6 Å². The van der Waals surface area contributed by atoms with Crippen LogP contribution in [0.2, 0.25) is 0 Å². The Morgan fingerprint density at radius 2 is 2.00 bits per heavy atom. The summed E-state index contributed by atoms with van der Waals surface area (Å²) >= 11 is 0. The fraction of sp³-hybridized carbons (Fsp3) is 0.438. The molecule has 0 aromatic heterocycles. The molecule has 1 saturated heterocycles. The molecule has 1 fully saturated rings. The average Bonchev–Trinajstić information content (AvgIpc) is 2.55. The molecule has 2 amide bonds. The van der Waals surface area contributed by atoms with Gasteiger partial charge in [0.15, 0.2) is 0 Å². The van der Waals surface area contributed by atoms with E-state index in [1.54, 1.807) is 29.2 Å². The molecule has 1 aliphatic rings. The van der Waals surface area contributed by atoms with E-state index in [2.05, 4.69) is 6.07 Å². The number of carbonyl (C=O) groups is 2. The van der Waals surface area contributed by atoms with Gasteiger partial charge in [0.05, 0.1) is 24.5 Å². The highest BCUT2D eigenvalue weighted by Crippen LogP contribution is 2.20. The molecule has 0 aliphatic carbocycles. The number of morpholine rings is 1. The average molecular weight is 301 g/mol. The van der Waals surface area contributed by atoms with Gasteiger partial charge < -0.3 is 14.5 Å². The lowest BCUT2D eigenvalue weighted by atomic mass is 10.1. The maximum Gasteiger partial charge on any atom is 0.224 e. The molecule has 1 aromatic rings. The van der Waals surface area contributed by atoms with Crippen LogP contribution in [-0.2, 0) is 14.3 Å². The minimum absolute atomic E-state index is 0.00369. The third-order valence-electron chi connectivity index (χ3n) is 3.61. The summed E-state index contributed by atoms with van der Waals surface area (Å²) in [5.74, 6) is -0.179. The lowest BCUT2D eigenvalue weighted by molar-refractivity contribution is -0.135. The van der Waals surface area contributed by atoms with Crippen molar-refractivity contribution in [1.29, 1.82) is 5.26 Å². The lowest BCUT2D eigenvalue weighted by Gasteiger charge is -2.28. The number of benzene rings is 1. The summed E-state index contributed by atoms with van der Waals surface area (Å²) in [6.07, 6.45) is 0.235. The Balaban J connectivity index is 2.05. The minimum atomic E-state index is -0.183. The van der Waals surface area contributed by atoms with E-state index in [4.69, 9.17) is 10.00 Å². The molecule has 22 heavy (non-hydrogen) atoms. The van der Waals surface area contributed by atoms with Crippen molar-refractivity contribution in [3.63, 3.8) is 0 Å². The van der Waals surface area contributed by atoms with Crippen LogP contribution in [0.5, 0.6) is 0 Å². The second kappa shape index (κ2) is 7.57. The summed E-state index contributed by atoms with van der Waals surface area (Å²) in [5.41, 5.74) is 0.976.